The van der Waals surface area contributed by atoms with E-state index in [4.69, 9.17) is 11.6 Å². The Kier molecular flexibility index (Phi) is 4.82. The van der Waals surface area contributed by atoms with Gasteiger partial charge in [-0.15, -0.1) is 0 Å². The molecule has 0 aromatic heterocycles. The summed E-state index contributed by atoms with van der Waals surface area (Å²) in [4.78, 5) is 0. The minimum Gasteiger partial charge on any atom is -0.386 e. The van der Waals surface area contributed by atoms with Gasteiger partial charge in [0, 0.05) is 5.02 Å². The molecule has 0 bridgehead atoms. The molecule has 2 nitrogen and oxygen atoms in total. The minimum atomic E-state index is -0.570. The molecule has 2 atom stereocenters. The molecule has 0 saturated heterocycles. The highest BCUT2D eigenvalue weighted by Crippen LogP contribution is 2.33. The molecule has 2 unspecified atom stereocenters. The van der Waals surface area contributed by atoms with E-state index in [1.807, 2.05) is 55.5 Å². The van der Waals surface area contributed by atoms with Gasteiger partial charge in [0.1, 0.15) is 0 Å². The quantitative estimate of drug-likeness (QED) is 0.827. The van der Waals surface area contributed by atoms with Crippen LogP contribution in [0, 0.1) is 12.8 Å². The molecule has 1 fully saturated rings. The second kappa shape index (κ2) is 6.82. The van der Waals surface area contributed by atoms with Gasteiger partial charge < -0.3 is 10.4 Å². The number of aliphatic hydroxyl groups excluding tert-OH is 1. The highest BCUT2D eigenvalue weighted by atomic mass is 35.5. The summed E-state index contributed by atoms with van der Waals surface area (Å²) in [7, 11) is 0. The van der Waals surface area contributed by atoms with Gasteiger partial charge >= 0.3 is 0 Å². The average molecular weight is 316 g/mol. The van der Waals surface area contributed by atoms with Gasteiger partial charge in [-0.2, -0.15) is 0 Å². The van der Waals surface area contributed by atoms with Crippen LogP contribution in [0.3, 0.4) is 0 Å². The molecule has 0 aliphatic heterocycles. The summed E-state index contributed by atoms with van der Waals surface area (Å²) in [6.07, 6.45) is 2.02. The lowest BCUT2D eigenvalue weighted by Crippen LogP contribution is -2.29. The SMILES string of the molecule is Cc1cccc(C(O)C(NCC2CC2)c2ccc(Cl)cc2)c1. The Morgan fingerprint density at radius 2 is 1.86 bits per heavy atom. The van der Waals surface area contributed by atoms with Crippen molar-refractivity contribution >= 4 is 11.6 Å². The van der Waals surface area contributed by atoms with Gasteiger partial charge in [-0.05, 0) is 55.5 Å². The maximum atomic E-state index is 10.9. The number of hydrogen-bond acceptors (Lipinski definition) is 2. The molecule has 0 amide bonds. The smallest absolute Gasteiger partial charge is 0.0984 e. The molecule has 2 N–H and O–H groups in total. The number of aryl methyl sites for hydroxylation is 1. The van der Waals surface area contributed by atoms with Crippen LogP contribution in [0.4, 0.5) is 0 Å². The highest BCUT2D eigenvalue weighted by molar-refractivity contribution is 6.30. The second-order valence-electron chi connectivity index (χ2n) is 6.24. The largest absolute Gasteiger partial charge is 0.386 e. The fraction of sp³-hybridized carbons (Fsp3) is 0.368. The van der Waals surface area contributed by atoms with Crippen molar-refractivity contribution in [3.8, 4) is 0 Å². The van der Waals surface area contributed by atoms with Crippen LogP contribution in [0.15, 0.2) is 48.5 Å². The third-order valence-electron chi connectivity index (χ3n) is 4.25. The van der Waals surface area contributed by atoms with Gasteiger partial charge in [-0.25, -0.2) is 0 Å². The van der Waals surface area contributed by atoms with Crippen molar-refractivity contribution in [2.75, 3.05) is 6.54 Å². The van der Waals surface area contributed by atoms with Crippen LogP contribution in [0.1, 0.15) is 41.7 Å². The molecule has 0 radical (unpaired) electrons. The van der Waals surface area contributed by atoms with Crippen molar-refractivity contribution in [2.24, 2.45) is 5.92 Å². The zero-order chi connectivity index (χ0) is 15.5. The predicted molar refractivity (Wildman–Crippen MR) is 91.1 cm³/mol. The summed E-state index contributed by atoms with van der Waals surface area (Å²) in [6, 6.07) is 15.7. The van der Waals surface area contributed by atoms with Crippen molar-refractivity contribution < 1.29 is 5.11 Å². The third-order valence-corrected chi connectivity index (χ3v) is 4.50. The lowest BCUT2D eigenvalue weighted by molar-refractivity contribution is 0.128. The van der Waals surface area contributed by atoms with Crippen LogP contribution in [-0.2, 0) is 0 Å². The summed E-state index contributed by atoms with van der Waals surface area (Å²) >= 11 is 5.99. The molecule has 3 heteroatoms. The summed E-state index contributed by atoms with van der Waals surface area (Å²) < 4.78 is 0. The van der Waals surface area contributed by atoms with Gasteiger partial charge in [-0.1, -0.05) is 53.6 Å². The van der Waals surface area contributed by atoms with Crippen LogP contribution >= 0.6 is 11.6 Å². The van der Waals surface area contributed by atoms with Crippen molar-refractivity contribution in [3.05, 3.63) is 70.2 Å². The monoisotopic (exact) mass is 315 g/mol. The van der Waals surface area contributed by atoms with E-state index in [9.17, 15) is 5.11 Å². The van der Waals surface area contributed by atoms with Crippen molar-refractivity contribution in [1.29, 1.82) is 0 Å². The van der Waals surface area contributed by atoms with Crippen LogP contribution in [0.25, 0.3) is 0 Å². The molecule has 0 spiro atoms. The van der Waals surface area contributed by atoms with E-state index in [1.54, 1.807) is 0 Å². The summed E-state index contributed by atoms with van der Waals surface area (Å²) in [5, 5.41) is 15.1. The normalized spacial score (nSPS) is 17.2. The Morgan fingerprint density at radius 1 is 1.14 bits per heavy atom. The van der Waals surface area contributed by atoms with Crippen LogP contribution in [0.2, 0.25) is 5.02 Å². The van der Waals surface area contributed by atoms with Gasteiger partial charge in [-0.3, -0.25) is 0 Å². The Bertz CT molecular complexity index is 622. The fourth-order valence-corrected chi connectivity index (χ4v) is 2.87. The number of benzene rings is 2. The van der Waals surface area contributed by atoms with Gasteiger partial charge in [0.25, 0.3) is 0 Å². The van der Waals surface area contributed by atoms with E-state index in [2.05, 4.69) is 5.32 Å². The van der Waals surface area contributed by atoms with E-state index in [0.29, 0.717) is 0 Å². The van der Waals surface area contributed by atoms with E-state index in [-0.39, 0.29) is 6.04 Å². The van der Waals surface area contributed by atoms with E-state index in [1.165, 1.54) is 12.8 Å². The van der Waals surface area contributed by atoms with Gasteiger partial charge in [0.05, 0.1) is 12.1 Å². The summed E-state index contributed by atoms with van der Waals surface area (Å²) in [5.74, 6) is 0.763. The summed E-state index contributed by atoms with van der Waals surface area (Å²) in [6.45, 7) is 3.00. The van der Waals surface area contributed by atoms with E-state index in [0.717, 1.165) is 34.2 Å². The first-order valence-electron chi connectivity index (χ1n) is 7.87. The zero-order valence-corrected chi connectivity index (χ0v) is 13.6. The molecule has 3 rings (SSSR count). The third kappa shape index (κ3) is 3.89. The molecular weight excluding hydrogens is 294 g/mol. The number of halogens is 1. The lowest BCUT2D eigenvalue weighted by Gasteiger charge is -2.25. The molecule has 0 heterocycles. The van der Waals surface area contributed by atoms with Crippen LogP contribution < -0.4 is 5.32 Å². The first-order valence-corrected chi connectivity index (χ1v) is 8.25. The minimum absolute atomic E-state index is 0.111. The molecule has 116 valence electrons. The van der Waals surface area contributed by atoms with E-state index >= 15 is 0 Å². The number of hydrogen-bond donors (Lipinski definition) is 2. The van der Waals surface area contributed by atoms with Crippen LogP contribution in [0.5, 0.6) is 0 Å². The number of nitrogens with one attached hydrogen (secondary N) is 1. The van der Waals surface area contributed by atoms with Crippen LogP contribution in [-0.4, -0.2) is 11.7 Å². The van der Waals surface area contributed by atoms with Gasteiger partial charge in [0.15, 0.2) is 0 Å². The molecular formula is C19H22ClNO. The average Bonchev–Trinajstić information content (AvgIpc) is 3.33. The lowest BCUT2D eigenvalue weighted by atomic mass is 9.94. The van der Waals surface area contributed by atoms with Crippen molar-refractivity contribution in [1.82, 2.24) is 5.32 Å². The molecule has 2 aromatic carbocycles. The fourth-order valence-electron chi connectivity index (χ4n) is 2.74. The topological polar surface area (TPSA) is 32.3 Å². The zero-order valence-electron chi connectivity index (χ0n) is 12.8. The first-order chi connectivity index (χ1) is 10.6. The maximum absolute atomic E-state index is 10.9. The second-order valence-corrected chi connectivity index (χ2v) is 6.68. The molecule has 1 saturated carbocycles. The highest BCUT2D eigenvalue weighted by Gasteiger charge is 2.27. The Balaban J connectivity index is 1.84. The summed E-state index contributed by atoms with van der Waals surface area (Å²) in [5.41, 5.74) is 3.18. The van der Waals surface area contributed by atoms with Crippen molar-refractivity contribution in [3.63, 3.8) is 0 Å². The van der Waals surface area contributed by atoms with E-state index < -0.39 is 6.10 Å². The maximum Gasteiger partial charge on any atom is 0.0984 e. The molecule has 1 aliphatic carbocycles. The standard InChI is InChI=1S/C19H22ClNO/c1-13-3-2-4-16(11-13)19(22)18(21-12-14-5-6-14)15-7-9-17(20)10-8-15/h2-4,7-11,14,18-19,21-22H,5-6,12H2,1H3. The van der Waals surface area contributed by atoms with Gasteiger partial charge in [0.2, 0.25) is 0 Å². The molecule has 2 aromatic rings. The molecule has 1 aliphatic rings. The Labute approximate surface area is 137 Å². The first kappa shape index (κ1) is 15.5. The molecule has 22 heavy (non-hydrogen) atoms. The Hall–Kier alpha value is -1.35. The number of rotatable bonds is 6. The van der Waals surface area contributed by atoms with Crippen molar-refractivity contribution in [2.45, 2.75) is 31.9 Å². The number of aliphatic hydroxyl groups is 1. The Morgan fingerprint density at radius 3 is 2.50 bits per heavy atom. The predicted octanol–water partition coefficient (Wildman–Crippen LogP) is 4.42.